The van der Waals surface area contributed by atoms with Crippen molar-refractivity contribution >= 4 is 70.0 Å². The van der Waals surface area contributed by atoms with Gasteiger partial charge in [-0.05, 0) is 68.1 Å². The number of carbonyl (C=O) groups is 3. The summed E-state index contributed by atoms with van der Waals surface area (Å²) < 4.78 is 0. The number of hydroxylamine groups is 2. The third-order valence-electron chi connectivity index (χ3n) is 8.13. The first kappa shape index (κ1) is 36.0. The molecule has 0 unspecified atom stereocenters. The lowest BCUT2D eigenvalue weighted by molar-refractivity contribution is -0.155. The molecule has 250 valence electrons. The summed E-state index contributed by atoms with van der Waals surface area (Å²) in [5.74, 6) is -1.14. The molecule has 2 N–H and O–H groups in total. The molecule has 2 aromatic rings. The van der Waals surface area contributed by atoms with Crippen molar-refractivity contribution in [1.82, 2.24) is 19.8 Å². The van der Waals surface area contributed by atoms with E-state index in [0.717, 1.165) is 44.5 Å². The molecule has 4 rings (SSSR count). The minimum atomic E-state index is -0.625. The van der Waals surface area contributed by atoms with Crippen molar-refractivity contribution in [2.75, 3.05) is 60.0 Å². The van der Waals surface area contributed by atoms with Crippen molar-refractivity contribution in [3.63, 3.8) is 0 Å². The first-order valence-corrected chi connectivity index (χ1v) is 16.5. The summed E-state index contributed by atoms with van der Waals surface area (Å²) in [5, 5.41) is 7.19. The second-order valence-electron chi connectivity index (χ2n) is 11.3. The van der Waals surface area contributed by atoms with Gasteiger partial charge in [0.15, 0.2) is 6.61 Å². The van der Waals surface area contributed by atoms with E-state index in [2.05, 4.69) is 10.1 Å². The minimum absolute atomic E-state index is 0.0693. The molecule has 2 aliphatic rings. The van der Waals surface area contributed by atoms with E-state index in [0.29, 0.717) is 50.9 Å². The lowest BCUT2D eigenvalue weighted by Gasteiger charge is -2.42. The number of primary amides is 1. The number of likely N-dealkylation sites (tertiary alicyclic amines) is 1. The second-order valence-corrected chi connectivity index (χ2v) is 13.0. The number of hydrogen-bond donors (Lipinski definition) is 1. The third kappa shape index (κ3) is 9.62. The highest BCUT2D eigenvalue weighted by atomic mass is 35.5. The smallest absolute Gasteiger partial charge is 0.344 e. The predicted molar refractivity (Wildman–Crippen MR) is 180 cm³/mol. The molecule has 46 heavy (non-hydrogen) atoms. The van der Waals surface area contributed by atoms with E-state index in [1.54, 1.807) is 36.2 Å². The Balaban J connectivity index is 1.44. The number of hydrogen-bond acceptors (Lipinski definition) is 7. The van der Waals surface area contributed by atoms with Gasteiger partial charge in [0.1, 0.15) is 7.11 Å². The normalized spacial score (nSPS) is 17.3. The summed E-state index contributed by atoms with van der Waals surface area (Å²) >= 11 is 25.0. The SMILES string of the molecule is CO/N=C(\CN(C)C(=O)c1cc(Cl)cc(Cl)c1)[C@H](CCN1CCC(N2CCCN(OCC(N)=O)C2=O)CC1)c1ccc(Cl)c(Cl)c1. The third-order valence-corrected chi connectivity index (χ3v) is 9.30. The molecular formula is C31H38Cl4N6O5. The van der Waals surface area contributed by atoms with Crippen molar-refractivity contribution in [3.05, 3.63) is 67.6 Å². The number of nitrogens with two attached hydrogens (primary N) is 1. The molecule has 2 saturated heterocycles. The highest BCUT2D eigenvalue weighted by Gasteiger charge is 2.34. The van der Waals surface area contributed by atoms with Crippen molar-refractivity contribution in [1.29, 1.82) is 0 Å². The van der Waals surface area contributed by atoms with E-state index in [-0.39, 0.29) is 37.0 Å². The maximum atomic E-state index is 13.3. The number of amides is 4. The van der Waals surface area contributed by atoms with E-state index in [4.69, 9.17) is 61.8 Å². The Hall–Kier alpha value is -2.80. The summed E-state index contributed by atoms with van der Waals surface area (Å²) in [4.78, 5) is 53.8. The van der Waals surface area contributed by atoms with Crippen LogP contribution in [0.5, 0.6) is 0 Å². The summed E-state index contributed by atoms with van der Waals surface area (Å²) in [6.07, 6.45) is 3.00. The van der Waals surface area contributed by atoms with Crippen LogP contribution < -0.4 is 5.73 Å². The van der Waals surface area contributed by atoms with Crippen LogP contribution in [0.15, 0.2) is 41.6 Å². The van der Waals surface area contributed by atoms with E-state index in [1.807, 2.05) is 17.0 Å². The average molecular weight is 716 g/mol. The fourth-order valence-corrected chi connectivity index (χ4v) is 6.71. The van der Waals surface area contributed by atoms with Crippen molar-refractivity contribution in [3.8, 4) is 0 Å². The quantitative estimate of drug-likeness (QED) is 0.214. The van der Waals surface area contributed by atoms with Gasteiger partial charge in [0, 0.05) is 54.3 Å². The fraction of sp³-hybridized carbons (Fsp3) is 0.484. The van der Waals surface area contributed by atoms with Gasteiger partial charge in [0.25, 0.3) is 5.91 Å². The Kier molecular flexibility index (Phi) is 13.2. The van der Waals surface area contributed by atoms with Crippen LogP contribution in [0, 0.1) is 0 Å². The monoisotopic (exact) mass is 714 g/mol. The summed E-state index contributed by atoms with van der Waals surface area (Å²) in [6, 6.07) is 10.0. The lowest BCUT2D eigenvalue weighted by Crippen LogP contribution is -2.56. The number of benzene rings is 2. The number of urea groups is 1. The van der Waals surface area contributed by atoms with Gasteiger partial charge in [0.05, 0.1) is 28.8 Å². The molecule has 15 heteroatoms. The zero-order valence-corrected chi connectivity index (χ0v) is 28.8. The Bertz CT molecular complexity index is 1420. The van der Waals surface area contributed by atoms with Crippen molar-refractivity contribution in [2.45, 2.75) is 37.6 Å². The van der Waals surface area contributed by atoms with Gasteiger partial charge in [-0.15, -0.1) is 0 Å². The molecule has 2 fully saturated rings. The van der Waals surface area contributed by atoms with Crippen molar-refractivity contribution < 1.29 is 24.1 Å². The Morgan fingerprint density at radius 2 is 1.72 bits per heavy atom. The molecule has 1 atom stereocenters. The summed E-state index contributed by atoms with van der Waals surface area (Å²) in [6.45, 7) is 3.22. The number of oxime groups is 1. The number of rotatable bonds is 13. The van der Waals surface area contributed by atoms with Crippen LogP contribution in [0.3, 0.4) is 0 Å². The zero-order chi connectivity index (χ0) is 33.4. The Morgan fingerprint density at radius 1 is 1.02 bits per heavy atom. The molecule has 2 aliphatic heterocycles. The van der Waals surface area contributed by atoms with Gasteiger partial charge in [-0.3, -0.25) is 14.4 Å². The van der Waals surface area contributed by atoms with Crippen LogP contribution in [0.25, 0.3) is 0 Å². The fourth-order valence-electron chi connectivity index (χ4n) is 5.87. The highest BCUT2D eigenvalue weighted by molar-refractivity contribution is 6.42. The number of carbonyl (C=O) groups excluding carboxylic acids is 3. The first-order valence-electron chi connectivity index (χ1n) is 14.9. The highest BCUT2D eigenvalue weighted by Crippen LogP contribution is 2.31. The number of nitrogens with zero attached hydrogens (tertiary/aromatic N) is 5. The van der Waals surface area contributed by atoms with E-state index in [9.17, 15) is 14.4 Å². The van der Waals surface area contributed by atoms with E-state index < -0.39 is 5.91 Å². The molecule has 0 saturated carbocycles. The molecular weight excluding hydrogens is 678 g/mol. The van der Waals surface area contributed by atoms with Crippen LogP contribution in [-0.2, 0) is 14.5 Å². The first-order chi connectivity index (χ1) is 22.0. The standard InChI is InChI=1S/C31H38Cl4N6O5/c1-38(30(43)21-14-22(32)17-23(33)15-21)18-28(37-45-2)25(20-4-5-26(34)27(35)16-20)8-13-39-11-6-24(7-12-39)40-9-3-10-41(31(40)44)46-19-29(36)42/h4-5,14-17,24-25H,3,6-13,18-19H2,1-2H3,(H2,36,42)/b37-28+/t25-/m1/s1. The number of piperidine rings is 1. The van der Waals surface area contributed by atoms with E-state index in [1.165, 1.54) is 12.2 Å². The van der Waals surface area contributed by atoms with Crippen LogP contribution in [0.2, 0.25) is 20.1 Å². The Labute approximate surface area is 289 Å². The zero-order valence-electron chi connectivity index (χ0n) is 25.8. The predicted octanol–water partition coefficient (Wildman–Crippen LogP) is 5.56. The summed E-state index contributed by atoms with van der Waals surface area (Å²) in [5.41, 5.74) is 7.07. The van der Waals surface area contributed by atoms with Crippen LogP contribution in [0.1, 0.15) is 47.5 Å². The van der Waals surface area contributed by atoms with Gasteiger partial charge >= 0.3 is 6.03 Å². The lowest BCUT2D eigenvalue weighted by atomic mass is 9.89. The second kappa shape index (κ2) is 16.9. The van der Waals surface area contributed by atoms with Crippen LogP contribution >= 0.6 is 46.4 Å². The van der Waals surface area contributed by atoms with Gasteiger partial charge in [0.2, 0.25) is 5.91 Å². The number of halogens is 4. The maximum absolute atomic E-state index is 13.3. The maximum Gasteiger partial charge on any atom is 0.344 e. The molecule has 0 spiro atoms. The molecule has 4 amide bonds. The average Bonchev–Trinajstić information content (AvgIpc) is 3.01. The van der Waals surface area contributed by atoms with Crippen molar-refractivity contribution in [2.24, 2.45) is 10.9 Å². The Morgan fingerprint density at radius 3 is 2.35 bits per heavy atom. The van der Waals surface area contributed by atoms with Crippen LogP contribution in [-0.4, -0.2) is 109 Å². The summed E-state index contributed by atoms with van der Waals surface area (Å²) in [7, 11) is 3.15. The van der Waals surface area contributed by atoms with Gasteiger partial charge in [-0.25, -0.2) is 9.86 Å². The molecule has 11 nitrogen and oxygen atoms in total. The molecule has 2 heterocycles. The van der Waals surface area contributed by atoms with Crippen LogP contribution in [0.4, 0.5) is 4.79 Å². The molecule has 2 aromatic carbocycles. The molecule has 0 radical (unpaired) electrons. The van der Waals surface area contributed by atoms with Gasteiger partial charge < -0.3 is 25.3 Å². The topological polar surface area (TPSA) is 121 Å². The van der Waals surface area contributed by atoms with E-state index >= 15 is 0 Å². The molecule has 0 aliphatic carbocycles. The largest absolute Gasteiger partial charge is 0.399 e. The molecule has 0 bridgehead atoms. The van der Waals surface area contributed by atoms with Gasteiger partial charge in [-0.1, -0.05) is 57.6 Å². The molecule has 0 aromatic heterocycles. The van der Waals surface area contributed by atoms with Gasteiger partial charge in [-0.2, -0.15) is 0 Å². The minimum Gasteiger partial charge on any atom is -0.399 e.